The Bertz CT molecular complexity index is 371. The number of carbonyl (C=O) groups excluding carboxylic acids is 1. The first-order valence-corrected chi connectivity index (χ1v) is 5.94. The number of piperidine rings is 1. The van der Waals surface area contributed by atoms with Gasteiger partial charge in [0, 0.05) is 13.1 Å². The molecule has 4 N–H and O–H groups in total. The second-order valence-electron chi connectivity index (χ2n) is 4.92. The second kappa shape index (κ2) is 5.87. The molecular weight excluding hydrogens is 256 g/mol. The molecule has 0 spiro atoms. The highest BCUT2D eigenvalue weighted by Crippen LogP contribution is 2.21. The molecule has 1 aliphatic rings. The molecule has 19 heavy (non-hydrogen) atoms. The molecule has 0 radical (unpaired) electrons. The van der Waals surface area contributed by atoms with Crippen molar-refractivity contribution in [3.05, 3.63) is 0 Å². The Balaban J connectivity index is 2.53. The Morgan fingerprint density at radius 2 is 1.79 bits per heavy atom. The maximum absolute atomic E-state index is 11.8. The molecule has 0 aromatic heterocycles. The summed E-state index contributed by atoms with van der Waals surface area (Å²) in [5.41, 5.74) is -0.815. The van der Waals surface area contributed by atoms with E-state index in [9.17, 15) is 19.5 Å². The smallest absolute Gasteiger partial charge is 0.326 e. The van der Waals surface area contributed by atoms with E-state index in [1.807, 2.05) is 0 Å². The van der Waals surface area contributed by atoms with Gasteiger partial charge in [0.1, 0.15) is 6.04 Å². The summed E-state index contributed by atoms with van der Waals surface area (Å²) in [6, 6.07) is -2.07. The van der Waals surface area contributed by atoms with Crippen molar-refractivity contribution in [3.8, 4) is 0 Å². The monoisotopic (exact) mass is 274 g/mol. The van der Waals surface area contributed by atoms with Gasteiger partial charge in [-0.05, 0) is 19.8 Å². The third-order valence-electron chi connectivity index (χ3n) is 3.10. The fourth-order valence-corrected chi connectivity index (χ4v) is 1.81. The van der Waals surface area contributed by atoms with E-state index < -0.39 is 36.0 Å². The van der Waals surface area contributed by atoms with Crippen LogP contribution >= 0.6 is 0 Å². The van der Waals surface area contributed by atoms with Crippen LogP contribution in [0.2, 0.25) is 0 Å². The normalized spacial score (nSPS) is 19.6. The number of nitrogens with zero attached hydrogens (tertiary/aromatic N) is 1. The van der Waals surface area contributed by atoms with Gasteiger partial charge in [-0.15, -0.1) is 0 Å². The van der Waals surface area contributed by atoms with Crippen molar-refractivity contribution >= 4 is 18.0 Å². The van der Waals surface area contributed by atoms with Crippen LogP contribution in [0.15, 0.2) is 0 Å². The van der Waals surface area contributed by atoms with E-state index in [1.165, 1.54) is 4.90 Å². The van der Waals surface area contributed by atoms with Crippen molar-refractivity contribution in [1.82, 2.24) is 10.2 Å². The molecule has 1 saturated heterocycles. The Hall–Kier alpha value is -1.83. The molecule has 8 heteroatoms. The molecule has 0 bridgehead atoms. The van der Waals surface area contributed by atoms with Crippen LogP contribution in [0.4, 0.5) is 4.79 Å². The fourth-order valence-electron chi connectivity index (χ4n) is 1.81. The van der Waals surface area contributed by atoms with E-state index in [1.54, 1.807) is 6.92 Å². The SMILES string of the molecule is CC1(O)CCN(C(=O)N[C@@H](CC(=O)O)C(=O)O)CC1. The van der Waals surface area contributed by atoms with Crippen LogP contribution in [-0.2, 0) is 9.59 Å². The molecule has 2 amide bonds. The minimum atomic E-state index is -1.45. The highest BCUT2D eigenvalue weighted by molar-refractivity contribution is 5.86. The number of carbonyl (C=O) groups is 3. The number of hydrogen-bond donors (Lipinski definition) is 4. The van der Waals surface area contributed by atoms with Crippen molar-refractivity contribution in [2.45, 2.75) is 37.8 Å². The van der Waals surface area contributed by atoms with Gasteiger partial charge in [0.2, 0.25) is 0 Å². The first-order valence-electron chi connectivity index (χ1n) is 5.94. The predicted molar refractivity (Wildman–Crippen MR) is 63.6 cm³/mol. The summed E-state index contributed by atoms with van der Waals surface area (Å²) in [4.78, 5) is 34.5. The van der Waals surface area contributed by atoms with Gasteiger partial charge in [-0.2, -0.15) is 0 Å². The summed E-state index contributed by atoms with van der Waals surface area (Å²) in [5, 5.41) is 29.3. The average molecular weight is 274 g/mol. The van der Waals surface area contributed by atoms with E-state index in [0.717, 1.165) is 0 Å². The molecule has 0 aromatic rings. The van der Waals surface area contributed by atoms with E-state index in [4.69, 9.17) is 10.2 Å². The lowest BCUT2D eigenvalue weighted by atomic mass is 9.94. The number of aliphatic hydroxyl groups is 1. The Kier molecular flexibility index (Phi) is 4.71. The maximum atomic E-state index is 11.8. The average Bonchev–Trinajstić information content (AvgIpc) is 2.27. The third-order valence-corrected chi connectivity index (χ3v) is 3.10. The van der Waals surface area contributed by atoms with Crippen molar-refractivity contribution < 1.29 is 29.7 Å². The molecule has 1 heterocycles. The minimum Gasteiger partial charge on any atom is -0.481 e. The van der Waals surface area contributed by atoms with Gasteiger partial charge < -0.3 is 25.5 Å². The van der Waals surface area contributed by atoms with Gasteiger partial charge in [0.15, 0.2) is 0 Å². The molecule has 1 atom stereocenters. The van der Waals surface area contributed by atoms with Crippen molar-refractivity contribution in [1.29, 1.82) is 0 Å². The Morgan fingerprint density at radius 1 is 1.26 bits per heavy atom. The summed E-state index contributed by atoms with van der Waals surface area (Å²) >= 11 is 0. The lowest BCUT2D eigenvalue weighted by Gasteiger charge is -2.36. The number of rotatable bonds is 4. The zero-order valence-corrected chi connectivity index (χ0v) is 10.6. The standard InChI is InChI=1S/C11H18N2O6/c1-11(19)2-4-13(5-3-11)10(18)12-7(9(16)17)6-8(14)15/h7,19H,2-6H2,1H3,(H,12,18)(H,14,15)(H,16,17)/t7-/m0/s1. The van der Waals surface area contributed by atoms with Crippen molar-refractivity contribution in [2.75, 3.05) is 13.1 Å². The fraction of sp³-hybridized carbons (Fsp3) is 0.727. The number of hydrogen-bond acceptors (Lipinski definition) is 4. The van der Waals surface area contributed by atoms with Gasteiger partial charge in [-0.25, -0.2) is 9.59 Å². The third kappa shape index (κ3) is 4.74. The number of urea groups is 1. The minimum absolute atomic E-state index is 0.304. The molecular formula is C11H18N2O6. The molecule has 1 fully saturated rings. The molecule has 108 valence electrons. The van der Waals surface area contributed by atoms with Gasteiger partial charge in [0.05, 0.1) is 12.0 Å². The van der Waals surface area contributed by atoms with Gasteiger partial charge >= 0.3 is 18.0 Å². The molecule has 0 aliphatic carbocycles. The van der Waals surface area contributed by atoms with Gasteiger partial charge in [0.25, 0.3) is 0 Å². The summed E-state index contributed by atoms with van der Waals surface area (Å²) in [6.07, 6.45) is 0.126. The van der Waals surface area contributed by atoms with E-state index in [-0.39, 0.29) is 0 Å². The molecule has 8 nitrogen and oxygen atoms in total. The highest BCUT2D eigenvalue weighted by Gasteiger charge is 2.31. The van der Waals surface area contributed by atoms with E-state index in [0.29, 0.717) is 25.9 Å². The first kappa shape index (κ1) is 15.2. The number of likely N-dealkylation sites (tertiary alicyclic amines) is 1. The van der Waals surface area contributed by atoms with Crippen LogP contribution in [0.25, 0.3) is 0 Å². The van der Waals surface area contributed by atoms with Crippen LogP contribution in [0.1, 0.15) is 26.2 Å². The van der Waals surface area contributed by atoms with Crippen molar-refractivity contribution in [2.24, 2.45) is 0 Å². The largest absolute Gasteiger partial charge is 0.481 e. The quantitative estimate of drug-likeness (QED) is 0.546. The molecule has 1 rings (SSSR count). The van der Waals surface area contributed by atoms with Crippen LogP contribution in [0.3, 0.4) is 0 Å². The predicted octanol–water partition coefficient (Wildman–Crippen LogP) is -0.529. The lowest BCUT2D eigenvalue weighted by molar-refractivity contribution is -0.145. The van der Waals surface area contributed by atoms with Crippen LogP contribution in [0.5, 0.6) is 0 Å². The zero-order valence-electron chi connectivity index (χ0n) is 10.6. The molecule has 0 unspecified atom stereocenters. The van der Waals surface area contributed by atoms with Crippen LogP contribution in [-0.4, -0.2) is 62.9 Å². The number of carboxylic acid groups (broad SMARTS) is 2. The topological polar surface area (TPSA) is 127 Å². The summed E-state index contributed by atoms with van der Waals surface area (Å²) in [6.45, 7) is 2.28. The number of carboxylic acids is 2. The van der Waals surface area contributed by atoms with Crippen LogP contribution < -0.4 is 5.32 Å². The summed E-state index contributed by atoms with van der Waals surface area (Å²) < 4.78 is 0. The number of aliphatic carboxylic acids is 2. The highest BCUT2D eigenvalue weighted by atomic mass is 16.4. The maximum Gasteiger partial charge on any atom is 0.326 e. The van der Waals surface area contributed by atoms with Gasteiger partial charge in [-0.3, -0.25) is 4.79 Å². The zero-order chi connectivity index (χ0) is 14.6. The first-order chi connectivity index (χ1) is 8.71. The number of amides is 2. The molecule has 1 aliphatic heterocycles. The molecule has 0 saturated carbocycles. The summed E-state index contributed by atoms with van der Waals surface area (Å²) in [7, 11) is 0. The van der Waals surface area contributed by atoms with E-state index in [2.05, 4.69) is 5.32 Å². The van der Waals surface area contributed by atoms with Crippen molar-refractivity contribution in [3.63, 3.8) is 0 Å². The van der Waals surface area contributed by atoms with Crippen LogP contribution in [0, 0.1) is 0 Å². The second-order valence-corrected chi connectivity index (χ2v) is 4.92. The van der Waals surface area contributed by atoms with Gasteiger partial charge in [-0.1, -0.05) is 0 Å². The molecule has 0 aromatic carbocycles. The number of nitrogens with one attached hydrogen (secondary N) is 1. The Morgan fingerprint density at radius 3 is 2.21 bits per heavy atom. The lowest BCUT2D eigenvalue weighted by Crippen LogP contribution is -2.52. The van der Waals surface area contributed by atoms with E-state index >= 15 is 0 Å². The Labute approximate surface area is 110 Å². The summed E-state index contributed by atoms with van der Waals surface area (Å²) in [5.74, 6) is -2.69.